The Kier molecular flexibility index (Phi) is 5.14. The lowest BCUT2D eigenvalue weighted by atomic mass is 9.95. The fourth-order valence-electron chi connectivity index (χ4n) is 3.91. The molecule has 0 aromatic heterocycles. The SMILES string of the molecule is CC(C)OC(=O)COC(=O)C12CCC(=O)N1c1ccccc1C(=O)N2C(C)C. The molecule has 1 saturated heterocycles. The topological polar surface area (TPSA) is 93.2 Å². The van der Waals surface area contributed by atoms with E-state index in [0.29, 0.717) is 11.3 Å². The van der Waals surface area contributed by atoms with Crippen LogP contribution in [0.2, 0.25) is 0 Å². The minimum Gasteiger partial charge on any atom is -0.460 e. The Hall–Kier alpha value is -2.90. The third-order valence-electron chi connectivity index (χ3n) is 4.83. The molecule has 1 fully saturated rings. The second-order valence-electron chi connectivity index (χ2n) is 7.45. The summed E-state index contributed by atoms with van der Waals surface area (Å²) >= 11 is 0. The number of nitrogens with zero attached hydrogens (tertiary/aromatic N) is 2. The summed E-state index contributed by atoms with van der Waals surface area (Å²) < 4.78 is 10.2. The van der Waals surface area contributed by atoms with Gasteiger partial charge < -0.3 is 14.4 Å². The third kappa shape index (κ3) is 3.02. The van der Waals surface area contributed by atoms with Crippen molar-refractivity contribution in [3.05, 3.63) is 29.8 Å². The lowest BCUT2D eigenvalue weighted by Gasteiger charge is -2.50. The molecule has 2 amide bonds. The van der Waals surface area contributed by atoms with E-state index in [2.05, 4.69) is 0 Å². The summed E-state index contributed by atoms with van der Waals surface area (Å²) in [6.45, 7) is 6.34. The Balaban J connectivity index is 2.02. The van der Waals surface area contributed by atoms with Crippen LogP contribution in [0.25, 0.3) is 0 Å². The van der Waals surface area contributed by atoms with Crippen LogP contribution in [0.5, 0.6) is 0 Å². The van der Waals surface area contributed by atoms with Crippen LogP contribution in [-0.4, -0.2) is 53.1 Å². The fourth-order valence-corrected chi connectivity index (χ4v) is 3.91. The molecule has 1 unspecified atom stereocenters. The van der Waals surface area contributed by atoms with Crippen LogP contribution in [0.15, 0.2) is 24.3 Å². The van der Waals surface area contributed by atoms with Gasteiger partial charge in [0.15, 0.2) is 6.61 Å². The highest BCUT2D eigenvalue weighted by molar-refractivity contribution is 6.15. The molecule has 0 bridgehead atoms. The maximum atomic E-state index is 13.2. The molecule has 1 aromatic carbocycles. The van der Waals surface area contributed by atoms with Crippen LogP contribution in [0, 0.1) is 0 Å². The van der Waals surface area contributed by atoms with E-state index >= 15 is 0 Å². The van der Waals surface area contributed by atoms with Gasteiger partial charge in [-0.25, -0.2) is 9.59 Å². The van der Waals surface area contributed by atoms with Crippen molar-refractivity contribution in [3.8, 4) is 0 Å². The summed E-state index contributed by atoms with van der Waals surface area (Å²) in [5.41, 5.74) is -0.864. The van der Waals surface area contributed by atoms with Crippen molar-refractivity contribution in [3.63, 3.8) is 0 Å². The van der Waals surface area contributed by atoms with Gasteiger partial charge in [0.2, 0.25) is 11.6 Å². The van der Waals surface area contributed by atoms with Gasteiger partial charge in [0, 0.05) is 18.9 Å². The van der Waals surface area contributed by atoms with Crippen LogP contribution >= 0.6 is 0 Å². The monoisotopic (exact) mass is 388 g/mol. The van der Waals surface area contributed by atoms with Gasteiger partial charge in [0.05, 0.1) is 17.4 Å². The predicted molar refractivity (Wildman–Crippen MR) is 99.4 cm³/mol. The first-order chi connectivity index (χ1) is 13.2. The molecule has 1 aromatic rings. The second-order valence-corrected chi connectivity index (χ2v) is 7.45. The van der Waals surface area contributed by atoms with Crippen molar-refractivity contribution in [1.82, 2.24) is 4.90 Å². The van der Waals surface area contributed by atoms with E-state index in [1.807, 2.05) is 0 Å². The normalized spacial score (nSPS) is 21.1. The largest absolute Gasteiger partial charge is 0.460 e. The standard InChI is InChI=1S/C20H24N2O6/c1-12(2)21-18(25)14-7-5-6-8-15(14)22-16(23)9-10-20(21,22)19(26)27-11-17(24)28-13(3)4/h5-8,12-13H,9-11H2,1-4H3. The lowest BCUT2D eigenvalue weighted by Crippen LogP contribution is -2.70. The summed E-state index contributed by atoms with van der Waals surface area (Å²) in [5.74, 6) is -2.12. The Morgan fingerprint density at radius 1 is 1.14 bits per heavy atom. The minimum atomic E-state index is -1.60. The predicted octanol–water partition coefficient (Wildman–Crippen LogP) is 1.87. The molecule has 150 valence electrons. The average molecular weight is 388 g/mol. The number of hydrogen-bond acceptors (Lipinski definition) is 6. The maximum absolute atomic E-state index is 13.2. The number of carbonyl (C=O) groups is 4. The van der Waals surface area contributed by atoms with E-state index in [-0.39, 0.29) is 36.8 Å². The molecule has 0 spiro atoms. The summed E-state index contributed by atoms with van der Waals surface area (Å²) in [6.07, 6.45) is -0.150. The molecule has 1 atom stereocenters. The number of ether oxygens (including phenoxy) is 2. The summed E-state index contributed by atoms with van der Waals surface area (Å²) in [7, 11) is 0. The highest BCUT2D eigenvalue weighted by atomic mass is 16.6. The first-order valence-corrected chi connectivity index (χ1v) is 9.32. The van der Waals surface area contributed by atoms with Gasteiger partial charge in [-0.1, -0.05) is 12.1 Å². The summed E-state index contributed by atoms with van der Waals surface area (Å²) in [5, 5.41) is 0. The highest BCUT2D eigenvalue weighted by Gasteiger charge is 2.62. The molecular formula is C20H24N2O6. The Labute approximate surface area is 163 Å². The molecule has 0 radical (unpaired) electrons. The smallest absolute Gasteiger partial charge is 0.354 e. The van der Waals surface area contributed by atoms with E-state index < -0.39 is 24.2 Å². The number of amides is 2. The Morgan fingerprint density at radius 2 is 1.82 bits per heavy atom. The van der Waals surface area contributed by atoms with Crippen molar-refractivity contribution < 1.29 is 28.7 Å². The van der Waals surface area contributed by atoms with Gasteiger partial charge >= 0.3 is 11.9 Å². The van der Waals surface area contributed by atoms with E-state index in [9.17, 15) is 19.2 Å². The molecular weight excluding hydrogens is 364 g/mol. The number of rotatable bonds is 5. The minimum absolute atomic E-state index is 0.0936. The number of benzene rings is 1. The first kappa shape index (κ1) is 19.9. The van der Waals surface area contributed by atoms with Crippen molar-refractivity contribution in [1.29, 1.82) is 0 Å². The molecule has 0 saturated carbocycles. The number of hydrogen-bond donors (Lipinski definition) is 0. The van der Waals surface area contributed by atoms with Gasteiger partial charge in [0.1, 0.15) is 0 Å². The van der Waals surface area contributed by atoms with Crippen LogP contribution in [-0.2, 0) is 23.9 Å². The molecule has 8 nitrogen and oxygen atoms in total. The van der Waals surface area contributed by atoms with E-state index in [4.69, 9.17) is 9.47 Å². The molecule has 3 rings (SSSR count). The summed E-state index contributed by atoms with van der Waals surface area (Å²) in [6, 6.07) is 6.32. The molecule has 2 heterocycles. The Bertz CT molecular complexity index is 834. The highest BCUT2D eigenvalue weighted by Crippen LogP contribution is 2.45. The maximum Gasteiger partial charge on any atom is 0.354 e. The average Bonchev–Trinajstić information content (AvgIpc) is 2.97. The van der Waals surface area contributed by atoms with Crippen LogP contribution in [0.1, 0.15) is 50.9 Å². The zero-order valence-corrected chi connectivity index (χ0v) is 16.4. The summed E-state index contributed by atoms with van der Waals surface area (Å²) in [4.78, 5) is 53.7. The number of fused-ring (bicyclic) bond motifs is 3. The van der Waals surface area contributed by atoms with Crippen molar-refractivity contribution in [2.45, 2.75) is 58.3 Å². The lowest BCUT2D eigenvalue weighted by molar-refractivity contribution is -0.168. The van der Waals surface area contributed by atoms with Gasteiger partial charge in [-0.15, -0.1) is 0 Å². The Morgan fingerprint density at radius 3 is 2.46 bits per heavy atom. The molecule has 0 N–H and O–H groups in total. The van der Waals surface area contributed by atoms with Crippen molar-refractivity contribution in [2.24, 2.45) is 0 Å². The van der Waals surface area contributed by atoms with E-state index in [0.717, 1.165) is 0 Å². The third-order valence-corrected chi connectivity index (χ3v) is 4.83. The van der Waals surface area contributed by atoms with Gasteiger partial charge in [0.25, 0.3) is 5.91 Å². The molecule has 2 aliphatic heterocycles. The number of carbonyl (C=O) groups excluding carboxylic acids is 4. The first-order valence-electron chi connectivity index (χ1n) is 9.32. The zero-order valence-electron chi connectivity index (χ0n) is 16.4. The van der Waals surface area contributed by atoms with Crippen LogP contribution in [0.3, 0.4) is 0 Å². The van der Waals surface area contributed by atoms with Crippen LogP contribution in [0.4, 0.5) is 5.69 Å². The molecule has 0 aliphatic carbocycles. The fraction of sp³-hybridized carbons (Fsp3) is 0.500. The quantitative estimate of drug-likeness (QED) is 0.715. The number of esters is 2. The zero-order chi connectivity index (χ0) is 20.6. The van der Waals surface area contributed by atoms with Gasteiger partial charge in [-0.2, -0.15) is 0 Å². The number of anilines is 1. The van der Waals surface area contributed by atoms with E-state index in [1.165, 1.54) is 9.80 Å². The van der Waals surface area contributed by atoms with Gasteiger partial charge in [-0.3, -0.25) is 14.5 Å². The van der Waals surface area contributed by atoms with Gasteiger partial charge in [-0.05, 0) is 39.8 Å². The second kappa shape index (κ2) is 7.26. The van der Waals surface area contributed by atoms with E-state index in [1.54, 1.807) is 52.0 Å². The molecule has 2 aliphatic rings. The number of para-hydroxylation sites is 1. The molecule has 28 heavy (non-hydrogen) atoms. The van der Waals surface area contributed by atoms with Crippen LogP contribution < -0.4 is 4.90 Å². The van der Waals surface area contributed by atoms with Crippen molar-refractivity contribution >= 4 is 29.4 Å². The van der Waals surface area contributed by atoms with Crippen molar-refractivity contribution in [2.75, 3.05) is 11.5 Å². The molecule has 8 heteroatoms.